The predicted octanol–water partition coefficient (Wildman–Crippen LogP) is 2.03. The van der Waals surface area contributed by atoms with Gasteiger partial charge in [0.15, 0.2) is 0 Å². The molecule has 0 bridgehead atoms. The molecule has 0 saturated heterocycles. The zero-order chi connectivity index (χ0) is 6.69. The van der Waals surface area contributed by atoms with E-state index in [1.54, 1.807) is 6.08 Å². The second kappa shape index (κ2) is 2.53. The monoisotopic (exact) mass is 122 g/mol. The van der Waals surface area contributed by atoms with Gasteiger partial charge in [-0.25, -0.2) is 0 Å². The summed E-state index contributed by atoms with van der Waals surface area (Å²) in [7, 11) is 0. The van der Waals surface area contributed by atoms with Gasteiger partial charge in [0.05, 0.1) is 6.61 Å². The molecule has 1 heterocycles. The summed E-state index contributed by atoms with van der Waals surface area (Å²) in [5, 5.41) is 0. The van der Waals surface area contributed by atoms with Crippen molar-refractivity contribution in [3.8, 4) is 0 Å². The van der Waals surface area contributed by atoms with Gasteiger partial charge in [-0.15, -0.1) is 0 Å². The van der Waals surface area contributed by atoms with E-state index in [1.807, 2.05) is 6.08 Å². The van der Waals surface area contributed by atoms with Crippen molar-refractivity contribution in [2.24, 2.45) is 0 Å². The van der Waals surface area contributed by atoms with E-state index >= 15 is 0 Å². The lowest BCUT2D eigenvalue weighted by atomic mass is 10.2. The molecule has 9 heavy (non-hydrogen) atoms. The molecular weight excluding hydrogens is 112 g/mol. The van der Waals surface area contributed by atoms with Gasteiger partial charge in [-0.05, 0) is 11.6 Å². The number of ether oxygens (including phenoxy) is 1. The highest BCUT2D eigenvalue weighted by molar-refractivity contribution is 5.29. The van der Waals surface area contributed by atoms with Gasteiger partial charge < -0.3 is 4.74 Å². The molecule has 0 amide bonds. The van der Waals surface area contributed by atoms with Gasteiger partial charge in [-0.2, -0.15) is 0 Å². The largest absolute Gasteiger partial charge is 0.493 e. The van der Waals surface area contributed by atoms with Crippen LogP contribution in [0, 0.1) is 0 Å². The molecule has 1 heteroatoms. The van der Waals surface area contributed by atoms with Crippen LogP contribution >= 0.6 is 0 Å². The minimum absolute atomic E-state index is 0.780. The van der Waals surface area contributed by atoms with Crippen molar-refractivity contribution in [1.82, 2.24) is 0 Å². The van der Waals surface area contributed by atoms with E-state index in [1.165, 1.54) is 5.57 Å². The van der Waals surface area contributed by atoms with E-state index in [0.717, 1.165) is 18.8 Å². The van der Waals surface area contributed by atoms with Crippen molar-refractivity contribution >= 4 is 0 Å². The van der Waals surface area contributed by atoms with Crippen LogP contribution in [0.15, 0.2) is 36.6 Å². The molecule has 0 aliphatic carbocycles. The van der Waals surface area contributed by atoms with Crippen LogP contribution in [-0.4, -0.2) is 6.61 Å². The lowest BCUT2D eigenvalue weighted by Gasteiger charge is -1.93. The van der Waals surface area contributed by atoms with E-state index in [2.05, 4.69) is 13.2 Å². The maximum atomic E-state index is 5.20. The Hall–Kier alpha value is -0.980. The quantitative estimate of drug-likeness (QED) is 0.544. The van der Waals surface area contributed by atoms with Gasteiger partial charge in [0.25, 0.3) is 0 Å². The summed E-state index contributed by atoms with van der Waals surface area (Å²) in [4.78, 5) is 0. The molecule has 0 fully saturated rings. The third-order valence-corrected chi connectivity index (χ3v) is 1.38. The van der Waals surface area contributed by atoms with Crippen LogP contribution in [0.3, 0.4) is 0 Å². The zero-order valence-corrected chi connectivity index (χ0v) is 5.39. The van der Waals surface area contributed by atoms with Crippen LogP contribution in [0.2, 0.25) is 0 Å². The molecule has 1 nitrogen and oxygen atoms in total. The smallest absolute Gasteiger partial charge is 0.122 e. The maximum Gasteiger partial charge on any atom is 0.122 e. The Morgan fingerprint density at radius 2 is 2.11 bits per heavy atom. The van der Waals surface area contributed by atoms with Crippen molar-refractivity contribution in [2.45, 2.75) is 6.42 Å². The Morgan fingerprint density at radius 3 is 2.56 bits per heavy atom. The van der Waals surface area contributed by atoms with Crippen LogP contribution in [0.25, 0.3) is 0 Å². The van der Waals surface area contributed by atoms with Gasteiger partial charge >= 0.3 is 0 Å². The summed E-state index contributed by atoms with van der Waals surface area (Å²) >= 11 is 0. The molecule has 0 aromatic heterocycles. The summed E-state index contributed by atoms with van der Waals surface area (Å²) in [6.07, 6.45) is 4.53. The third kappa shape index (κ3) is 1.04. The van der Waals surface area contributed by atoms with E-state index in [0.29, 0.717) is 0 Å². The van der Waals surface area contributed by atoms with E-state index in [4.69, 9.17) is 4.74 Å². The molecule has 0 spiro atoms. The minimum atomic E-state index is 0.780. The van der Waals surface area contributed by atoms with Crippen molar-refractivity contribution in [2.75, 3.05) is 6.61 Å². The first-order valence-corrected chi connectivity index (χ1v) is 2.99. The zero-order valence-electron chi connectivity index (χ0n) is 5.39. The van der Waals surface area contributed by atoms with Gasteiger partial charge in [0.1, 0.15) is 5.76 Å². The first-order valence-electron chi connectivity index (χ1n) is 2.99. The predicted molar refractivity (Wildman–Crippen MR) is 38.0 cm³/mol. The average Bonchev–Trinajstić information content (AvgIpc) is 2.33. The highest BCUT2D eigenvalue weighted by Crippen LogP contribution is 2.19. The number of hydrogen-bond donors (Lipinski definition) is 0. The molecule has 0 aromatic carbocycles. The highest BCUT2D eigenvalue weighted by Gasteiger charge is 2.08. The number of rotatable bonds is 2. The Morgan fingerprint density at radius 1 is 1.33 bits per heavy atom. The topological polar surface area (TPSA) is 9.23 Å². The van der Waals surface area contributed by atoms with Crippen molar-refractivity contribution in [1.29, 1.82) is 0 Å². The molecule has 0 N–H and O–H groups in total. The fraction of sp³-hybridized carbons (Fsp3) is 0.250. The molecule has 0 saturated carbocycles. The van der Waals surface area contributed by atoms with Crippen LogP contribution < -0.4 is 0 Å². The highest BCUT2D eigenvalue weighted by atomic mass is 16.5. The molecule has 0 unspecified atom stereocenters. The summed E-state index contributed by atoms with van der Waals surface area (Å²) in [6, 6.07) is 0. The molecule has 0 atom stereocenters. The van der Waals surface area contributed by atoms with Crippen molar-refractivity contribution in [3.05, 3.63) is 36.6 Å². The summed E-state index contributed by atoms with van der Waals surface area (Å²) in [6.45, 7) is 8.05. The Kier molecular flexibility index (Phi) is 1.73. The standard InChI is InChI=1S/C8H10O/c1-3-7-5-6-9-8(7)4-2/h3-4H,1-2,5-6H2. The maximum absolute atomic E-state index is 5.20. The molecule has 1 rings (SSSR count). The van der Waals surface area contributed by atoms with Crippen LogP contribution in [0.5, 0.6) is 0 Å². The van der Waals surface area contributed by atoms with Crippen LogP contribution in [-0.2, 0) is 4.74 Å². The second-order valence-corrected chi connectivity index (χ2v) is 1.90. The molecule has 0 aromatic rings. The van der Waals surface area contributed by atoms with Crippen molar-refractivity contribution < 1.29 is 4.74 Å². The molecular formula is C8H10O. The molecule has 1 aliphatic heterocycles. The lowest BCUT2D eigenvalue weighted by molar-refractivity contribution is 0.257. The van der Waals surface area contributed by atoms with Gasteiger partial charge in [-0.3, -0.25) is 0 Å². The first kappa shape index (κ1) is 6.14. The normalized spacial score (nSPS) is 17.3. The Bertz CT molecular complexity index is 147. The van der Waals surface area contributed by atoms with Crippen LogP contribution in [0.4, 0.5) is 0 Å². The van der Waals surface area contributed by atoms with Crippen LogP contribution in [0.1, 0.15) is 6.42 Å². The third-order valence-electron chi connectivity index (χ3n) is 1.38. The second-order valence-electron chi connectivity index (χ2n) is 1.90. The lowest BCUT2D eigenvalue weighted by Crippen LogP contribution is -1.78. The fourth-order valence-corrected chi connectivity index (χ4v) is 0.880. The van der Waals surface area contributed by atoms with Crippen molar-refractivity contribution in [3.63, 3.8) is 0 Å². The summed E-state index contributed by atoms with van der Waals surface area (Å²) in [5.74, 6) is 0.894. The Labute approximate surface area is 55.3 Å². The minimum Gasteiger partial charge on any atom is -0.493 e. The van der Waals surface area contributed by atoms with E-state index < -0.39 is 0 Å². The van der Waals surface area contributed by atoms with E-state index in [9.17, 15) is 0 Å². The molecule has 48 valence electrons. The van der Waals surface area contributed by atoms with E-state index in [-0.39, 0.29) is 0 Å². The molecule has 1 aliphatic rings. The summed E-state index contributed by atoms with van der Waals surface area (Å²) in [5.41, 5.74) is 1.17. The van der Waals surface area contributed by atoms with Gasteiger partial charge in [0.2, 0.25) is 0 Å². The summed E-state index contributed by atoms with van der Waals surface area (Å²) < 4.78 is 5.20. The number of allylic oxidation sites excluding steroid dienone is 2. The SMILES string of the molecule is C=CC1=C(C=C)OCC1. The van der Waals surface area contributed by atoms with Gasteiger partial charge in [0, 0.05) is 6.42 Å². The molecule has 0 radical (unpaired) electrons. The Balaban J connectivity index is 2.81. The number of hydrogen-bond acceptors (Lipinski definition) is 1. The fourth-order valence-electron chi connectivity index (χ4n) is 0.880. The first-order chi connectivity index (χ1) is 4.38. The van der Waals surface area contributed by atoms with Gasteiger partial charge in [-0.1, -0.05) is 19.2 Å². The average molecular weight is 122 g/mol.